The van der Waals surface area contributed by atoms with Crippen molar-refractivity contribution in [3.63, 3.8) is 0 Å². The van der Waals surface area contributed by atoms with Crippen molar-refractivity contribution in [3.05, 3.63) is 38.0 Å². The molecule has 0 aliphatic rings. The SMILES string of the molecule is Cc1ccc(C(C)N(C)C(=O)c2csc(CN)n2)s1. The highest BCUT2D eigenvalue weighted by molar-refractivity contribution is 7.12. The van der Waals surface area contributed by atoms with Gasteiger partial charge < -0.3 is 10.6 Å². The highest BCUT2D eigenvalue weighted by Gasteiger charge is 2.21. The van der Waals surface area contributed by atoms with E-state index in [9.17, 15) is 4.79 Å². The van der Waals surface area contributed by atoms with Crippen LogP contribution in [0.3, 0.4) is 0 Å². The second-order valence-corrected chi connectivity index (χ2v) is 6.63. The van der Waals surface area contributed by atoms with Gasteiger partial charge in [0.1, 0.15) is 10.7 Å². The molecule has 1 unspecified atom stereocenters. The molecule has 0 saturated carbocycles. The van der Waals surface area contributed by atoms with Crippen molar-refractivity contribution in [2.24, 2.45) is 5.73 Å². The number of rotatable bonds is 4. The topological polar surface area (TPSA) is 59.2 Å². The van der Waals surface area contributed by atoms with Crippen LogP contribution >= 0.6 is 22.7 Å². The first-order valence-corrected chi connectivity index (χ1v) is 7.70. The van der Waals surface area contributed by atoms with Crippen molar-refractivity contribution in [1.82, 2.24) is 9.88 Å². The number of aryl methyl sites for hydroxylation is 1. The fourth-order valence-corrected chi connectivity index (χ4v) is 3.35. The molecular formula is C13H17N3OS2. The van der Waals surface area contributed by atoms with Crippen LogP contribution in [0.2, 0.25) is 0 Å². The van der Waals surface area contributed by atoms with Crippen LogP contribution in [0.4, 0.5) is 0 Å². The minimum atomic E-state index is -0.0606. The van der Waals surface area contributed by atoms with Crippen molar-refractivity contribution in [2.75, 3.05) is 7.05 Å². The van der Waals surface area contributed by atoms with E-state index in [1.54, 1.807) is 21.6 Å². The molecule has 0 bridgehead atoms. The molecule has 1 atom stereocenters. The molecule has 2 heterocycles. The van der Waals surface area contributed by atoms with Gasteiger partial charge in [-0.2, -0.15) is 0 Å². The lowest BCUT2D eigenvalue weighted by molar-refractivity contribution is 0.0739. The predicted octanol–water partition coefficient (Wildman–Crippen LogP) is 2.80. The van der Waals surface area contributed by atoms with Crippen molar-refractivity contribution >= 4 is 28.6 Å². The Hall–Kier alpha value is -1.24. The summed E-state index contributed by atoms with van der Waals surface area (Å²) in [6.07, 6.45) is 0. The Bertz CT molecular complexity index is 576. The molecule has 2 N–H and O–H groups in total. The highest BCUT2D eigenvalue weighted by Crippen LogP contribution is 2.27. The van der Waals surface area contributed by atoms with Gasteiger partial charge in [-0.05, 0) is 26.0 Å². The van der Waals surface area contributed by atoms with Gasteiger partial charge in [-0.25, -0.2) is 4.98 Å². The Balaban J connectivity index is 2.14. The standard InChI is InChI=1S/C13H17N3OS2/c1-8-4-5-11(19-8)9(2)16(3)13(17)10-7-18-12(6-14)15-10/h4-5,7,9H,6,14H2,1-3H3. The van der Waals surface area contributed by atoms with E-state index in [1.807, 2.05) is 14.0 Å². The summed E-state index contributed by atoms with van der Waals surface area (Å²) in [5, 5.41) is 2.56. The van der Waals surface area contributed by atoms with Crippen LogP contribution in [0.25, 0.3) is 0 Å². The fourth-order valence-electron chi connectivity index (χ4n) is 1.73. The molecule has 2 rings (SSSR count). The Morgan fingerprint density at radius 3 is 2.79 bits per heavy atom. The van der Waals surface area contributed by atoms with Crippen LogP contribution in [0.5, 0.6) is 0 Å². The van der Waals surface area contributed by atoms with Crippen molar-refractivity contribution in [1.29, 1.82) is 0 Å². The van der Waals surface area contributed by atoms with E-state index in [2.05, 4.69) is 24.0 Å². The summed E-state index contributed by atoms with van der Waals surface area (Å²) in [4.78, 5) is 20.7. The van der Waals surface area contributed by atoms with Gasteiger partial charge in [-0.3, -0.25) is 4.79 Å². The molecule has 2 aromatic heterocycles. The van der Waals surface area contributed by atoms with Crippen molar-refractivity contribution in [3.8, 4) is 0 Å². The molecule has 19 heavy (non-hydrogen) atoms. The number of hydrogen-bond acceptors (Lipinski definition) is 5. The monoisotopic (exact) mass is 295 g/mol. The van der Waals surface area contributed by atoms with E-state index in [-0.39, 0.29) is 11.9 Å². The van der Waals surface area contributed by atoms with Crippen LogP contribution < -0.4 is 5.73 Å². The molecule has 0 aromatic carbocycles. The van der Waals surface area contributed by atoms with Crippen molar-refractivity contribution < 1.29 is 4.79 Å². The van der Waals surface area contributed by atoms with Crippen LogP contribution in [0, 0.1) is 6.92 Å². The van der Waals surface area contributed by atoms with Gasteiger partial charge in [-0.1, -0.05) is 0 Å². The number of thiazole rings is 1. The molecule has 0 spiro atoms. The van der Waals surface area contributed by atoms with Gasteiger partial charge in [0.25, 0.3) is 5.91 Å². The first-order valence-electron chi connectivity index (χ1n) is 6.01. The molecule has 102 valence electrons. The maximum Gasteiger partial charge on any atom is 0.273 e. The van der Waals surface area contributed by atoms with Crippen LogP contribution in [0.15, 0.2) is 17.5 Å². The Morgan fingerprint density at radius 2 is 2.26 bits per heavy atom. The normalized spacial score (nSPS) is 12.4. The molecule has 0 saturated heterocycles. The second kappa shape index (κ2) is 5.81. The third kappa shape index (κ3) is 3.02. The smallest absolute Gasteiger partial charge is 0.273 e. The lowest BCUT2D eigenvalue weighted by atomic mass is 10.2. The first kappa shape index (κ1) is 14.2. The second-order valence-electron chi connectivity index (χ2n) is 4.37. The number of hydrogen-bond donors (Lipinski definition) is 1. The summed E-state index contributed by atoms with van der Waals surface area (Å²) < 4.78 is 0. The molecule has 0 fully saturated rings. The van der Waals surface area contributed by atoms with Gasteiger partial charge in [0, 0.05) is 28.7 Å². The minimum Gasteiger partial charge on any atom is -0.333 e. The zero-order chi connectivity index (χ0) is 14.0. The lowest BCUT2D eigenvalue weighted by Crippen LogP contribution is -2.29. The third-order valence-corrected chi connectivity index (χ3v) is 5.06. The number of aromatic nitrogens is 1. The number of carbonyl (C=O) groups excluding carboxylic acids is 1. The lowest BCUT2D eigenvalue weighted by Gasteiger charge is -2.23. The summed E-state index contributed by atoms with van der Waals surface area (Å²) in [7, 11) is 1.81. The van der Waals surface area contributed by atoms with Gasteiger partial charge in [-0.15, -0.1) is 22.7 Å². The Labute approximate surface area is 120 Å². The van der Waals surface area contributed by atoms with Gasteiger partial charge >= 0.3 is 0 Å². The molecule has 6 heteroatoms. The fraction of sp³-hybridized carbons (Fsp3) is 0.385. The summed E-state index contributed by atoms with van der Waals surface area (Å²) in [5.74, 6) is -0.0606. The molecule has 4 nitrogen and oxygen atoms in total. The average molecular weight is 295 g/mol. The maximum atomic E-state index is 12.3. The van der Waals surface area contributed by atoms with E-state index in [1.165, 1.54) is 21.1 Å². The van der Waals surface area contributed by atoms with Crippen LogP contribution in [-0.4, -0.2) is 22.8 Å². The van der Waals surface area contributed by atoms with E-state index in [0.717, 1.165) is 5.01 Å². The van der Waals surface area contributed by atoms with E-state index in [0.29, 0.717) is 12.2 Å². The maximum absolute atomic E-state index is 12.3. The number of nitrogens with two attached hydrogens (primary N) is 1. The summed E-state index contributed by atoms with van der Waals surface area (Å²) in [5.41, 5.74) is 6.00. The van der Waals surface area contributed by atoms with Gasteiger partial charge in [0.05, 0.1) is 6.04 Å². The summed E-state index contributed by atoms with van der Waals surface area (Å²) >= 11 is 3.14. The molecule has 1 amide bonds. The summed E-state index contributed by atoms with van der Waals surface area (Å²) in [6.45, 7) is 4.47. The van der Waals surface area contributed by atoms with Gasteiger partial charge in [0.15, 0.2) is 0 Å². The van der Waals surface area contributed by atoms with Crippen LogP contribution in [0.1, 0.15) is 38.2 Å². The van der Waals surface area contributed by atoms with Crippen molar-refractivity contribution in [2.45, 2.75) is 26.4 Å². The zero-order valence-corrected chi connectivity index (χ0v) is 12.8. The predicted molar refractivity (Wildman–Crippen MR) is 79.6 cm³/mol. The summed E-state index contributed by atoms with van der Waals surface area (Å²) in [6, 6.07) is 4.19. The number of thiophene rings is 1. The minimum absolute atomic E-state index is 0.0502. The highest BCUT2D eigenvalue weighted by atomic mass is 32.1. The first-order chi connectivity index (χ1) is 9.02. The molecule has 0 aliphatic carbocycles. The molecule has 0 radical (unpaired) electrons. The average Bonchev–Trinajstić information content (AvgIpc) is 3.04. The Kier molecular flexibility index (Phi) is 4.34. The van der Waals surface area contributed by atoms with E-state index in [4.69, 9.17) is 5.73 Å². The number of nitrogens with zero attached hydrogens (tertiary/aromatic N) is 2. The third-order valence-electron chi connectivity index (χ3n) is 3.02. The van der Waals surface area contributed by atoms with Gasteiger partial charge in [0.2, 0.25) is 0 Å². The molecular weight excluding hydrogens is 278 g/mol. The molecule has 0 aliphatic heterocycles. The van der Waals surface area contributed by atoms with E-state index >= 15 is 0 Å². The Morgan fingerprint density at radius 1 is 1.53 bits per heavy atom. The molecule has 2 aromatic rings. The largest absolute Gasteiger partial charge is 0.333 e. The quantitative estimate of drug-likeness (QED) is 0.943. The number of carbonyl (C=O) groups is 1. The van der Waals surface area contributed by atoms with Crippen LogP contribution in [-0.2, 0) is 6.54 Å². The number of amides is 1. The zero-order valence-electron chi connectivity index (χ0n) is 11.2. The van der Waals surface area contributed by atoms with E-state index < -0.39 is 0 Å².